The van der Waals surface area contributed by atoms with Gasteiger partial charge in [0.15, 0.2) is 5.96 Å². The lowest BCUT2D eigenvalue weighted by atomic mass is 10.1. The van der Waals surface area contributed by atoms with Crippen LogP contribution in [0, 0.1) is 0 Å². The Kier molecular flexibility index (Phi) is 2.33. The Labute approximate surface area is 77.0 Å². The zero-order chi connectivity index (χ0) is 9.10. The van der Waals surface area contributed by atoms with E-state index >= 15 is 0 Å². The van der Waals surface area contributed by atoms with E-state index in [1.165, 1.54) is 0 Å². The number of hydrogen-bond donors (Lipinski definition) is 3. The number of nitrogens with zero attached hydrogens (tertiary/aromatic N) is 1. The van der Waals surface area contributed by atoms with E-state index in [-0.39, 0.29) is 11.9 Å². The molecule has 3 N–H and O–H groups in total. The minimum Gasteiger partial charge on any atom is -0.355 e. The summed E-state index contributed by atoms with van der Waals surface area (Å²) in [6.07, 6.45) is 1.93. The van der Waals surface area contributed by atoms with Crippen molar-refractivity contribution in [3.8, 4) is 0 Å². The predicted molar refractivity (Wildman–Crippen MR) is 49.5 cm³/mol. The number of carbonyl (C=O) groups is 1. The van der Waals surface area contributed by atoms with Crippen molar-refractivity contribution in [3.05, 3.63) is 0 Å². The molecule has 2 aliphatic rings. The lowest BCUT2D eigenvalue weighted by molar-refractivity contribution is -0.124. The lowest BCUT2D eigenvalue weighted by Gasteiger charge is -2.23. The molecule has 1 atom stereocenters. The third-order valence-electron chi connectivity index (χ3n) is 2.27. The summed E-state index contributed by atoms with van der Waals surface area (Å²) in [5, 5.41) is 9.00. The summed E-state index contributed by atoms with van der Waals surface area (Å²) in [5.41, 5.74) is 0. The monoisotopic (exact) mass is 182 g/mol. The van der Waals surface area contributed by atoms with E-state index in [1.54, 1.807) is 0 Å². The van der Waals surface area contributed by atoms with Crippen LogP contribution < -0.4 is 16.0 Å². The van der Waals surface area contributed by atoms with Gasteiger partial charge in [-0.15, -0.1) is 0 Å². The molecular formula is C8H14N4O. The highest BCUT2D eigenvalue weighted by atomic mass is 16.2. The molecule has 2 aliphatic heterocycles. The topological polar surface area (TPSA) is 65.5 Å². The maximum absolute atomic E-state index is 11.3. The summed E-state index contributed by atoms with van der Waals surface area (Å²) >= 11 is 0. The highest BCUT2D eigenvalue weighted by Crippen LogP contribution is 2.02. The minimum absolute atomic E-state index is 0.0858. The molecule has 2 heterocycles. The molecular weight excluding hydrogens is 168 g/mol. The van der Waals surface area contributed by atoms with Crippen LogP contribution >= 0.6 is 0 Å². The summed E-state index contributed by atoms with van der Waals surface area (Å²) in [4.78, 5) is 15.5. The predicted octanol–water partition coefficient (Wildman–Crippen LogP) is -1.19. The van der Waals surface area contributed by atoms with Crippen LogP contribution in [0.5, 0.6) is 0 Å². The molecule has 1 fully saturated rings. The Morgan fingerprint density at radius 1 is 1.38 bits per heavy atom. The Bertz CT molecular complexity index is 238. The van der Waals surface area contributed by atoms with E-state index in [9.17, 15) is 4.79 Å². The zero-order valence-electron chi connectivity index (χ0n) is 7.47. The first-order valence-electron chi connectivity index (χ1n) is 4.69. The number of aliphatic imine (C=N–C) groups is 1. The fourth-order valence-corrected chi connectivity index (χ4v) is 1.57. The van der Waals surface area contributed by atoms with E-state index < -0.39 is 0 Å². The van der Waals surface area contributed by atoms with Gasteiger partial charge in [-0.25, -0.2) is 0 Å². The Balaban J connectivity index is 1.88. The molecule has 2 rings (SSSR count). The van der Waals surface area contributed by atoms with Crippen LogP contribution in [0.1, 0.15) is 12.8 Å². The second-order valence-electron chi connectivity index (χ2n) is 3.29. The van der Waals surface area contributed by atoms with Crippen LogP contribution in [0.3, 0.4) is 0 Å². The Hall–Kier alpha value is -1.26. The molecule has 1 saturated heterocycles. The highest BCUT2D eigenvalue weighted by molar-refractivity contribution is 5.89. The molecule has 1 unspecified atom stereocenters. The lowest BCUT2D eigenvalue weighted by Crippen LogP contribution is -2.52. The van der Waals surface area contributed by atoms with Crippen LogP contribution in [-0.4, -0.2) is 37.5 Å². The summed E-state index contributed by atoms with van der Waals surface area (Å²) in [7, 11) is 0. The van der Waals surface area contributed by atoms with Gasteiger partial charge in [0, 0.05) is 13.1 Å². The summed E-state index contributed by atoms with van der Waals surface area (Å²) in [6, 6.07) is -0.0990. The van der Waals surface area contributed by atoms with Gasteiger partial charge in [0.05, 0.1) is 6.54 Å². The number of carbonyl (C=O) groups excluding carboxylic acids is 1. The molecule has 0 bridgehead atoms. The third-order valence-corrected chi connectivity index (χ3v) is 2.27. The van der Waals surface area contributed by atoms with Crippen LogP contribution in [0.25, 0.3) is 0 Å². The van der Waals surface area contributed by atoms with E-state index in [1.807, 2.05) is 0 Å². The highest BCUT2D eigenvalue weighted by Gasteiger charge is 2.23. The normalized spacial score (nSPS) is 27.5. The maximum atomic E-state index is 11.3. The standard InChI is InChI=1S/C8H14N4O/c13-7-6(2-1-3-9-7)12-8-10-4-5-11-8/h6H,1-5H2,(H,9,13)(H2,10,11,12). The van der Waals surface area contributed by atoms with Crippen LogP contribution in [0.2, 0.25) is 0 Å². The molecule has 0 radical (unpaired) electrons. The largest absolute Gasteiger partial charge is 0.355 e. The van der Waals surface area contributed by atoms with Gasteiger partial charge in [-0.3, -0.25) is 9.79 Å². The van der Waals surface area contributed by atoms with E-state index in [0.717, 1.165) is 38.4 Å². The maximum Gasteiger partial charge on any atom is 0.242 e. The molecule has 0 aromatic carbocycles. The first-order valence-corrected chi connectivity index (χ1v) is 4.69. The number of hydrogen-bond acceptors (Lipinski definition) is 4. The molecule has 13 heavy (non-hydrogen) atoms. The molecule has 0 aromatic rings. The van der Waals surface area contributed by atoms with Crippen molar-refractivity contribution in [3.63, 3.8) is 0 Å². The number of rotatable bonds is 1. The van der Waals surface area contributed by atoms with Gasteiger partial charge in [0.1, 0.15) is 6.04 Å². The smallest absolute Gasteiger partial charge is 0.242 e. The van der Waals surface area contributed by atoms with Crippen molar-refractivity contribution in [2.75, 3.05) is 19.6 Å². The summed E-state index contributed by atoms with van der Waals surface area (Å²) in [6.45, 7) is 2.48. The molecule has 0 spiro atoms. The van der Waals surface area contributed by atoms with E-state index in [0.29, 0.717) is 0 Å². The molecule has 0 aromatic heterocycles. The molecule has 0 saturated carbocycles. The van der Waals surface area contributed by atoms with Crippen molar-refractivity contribution in [1.29, 1.82) is 0 Å². The first kappa shape index (κ1) is 8.34. The Morgan fingerprint density at radius 3 is 3.00 bits per heavy atom. The number of guanidine groups is 1. The van der Waals surface area contributed by atoms with Crippen molar-refractivity contribution in [1.82, 2.24) is 16.0 Å². The molecule has 1 amide bonds. The van der Waals surface area contributed by atoms with Gasteiger partial charge in [-0.1, -0.05) is 0 Å². The number of piperidine rings is 1. The third kappa shape index (κ3) is 1.91. The fraction of sp³-hybridized carbons (Fsp3) is 0.750. The number of nitrogens with one attached hydrogen (secondary N) is 3. The second-order valence-corrected chi connectivity index (χ2v) is 3.29. The van der Waals surface area contributed by atoms with E-state index in [4.69, 9.17) is 0 Å². The first-order chi connectivity index (χ1) is 6.36. The van der Waals surface area contributed by atoms with Gasteiger partial charge in [-0.05, 0) is 12.8 Å². The summed E-state index contributed by atoms with van der Waals surface area (Å²) < 4.78 is 0. The Morgan fingerprint density at radius 2 is 2.31 bits per heavy atom. The van der Waals surface area contributed by atoms with Crippen molar-refractivity contribution < 1.29 is 4.79 Å². The minimum atomic E-state index is -0.0990. The number of amides is 1. The van der Waals surface area contributed by atoms with Crippen LogP contribution in [0.15, 0.2) is 4.99 Å². The molecule has 0 aliphatic carbocycles. The van der Waals surface area contributed by atoms with Gasteiger partial charge in [0.2, 0.25) is 5.91 Å². The van der Waals surface area contributed by atoms with Gasteiger partial charge < -0.3 is 16.0 Å². The van der Waals surface area contributed by atoms with Gasteiger partial charge >= 0.3 is 0 Å². The average molecular weight is 182 g/mol. The molecule has 5 heteroatoms. The fourth-order valence-electron chi connectivity index (χ4n) is 1.57. The molecule has 72 valence electrons. The van der Waals surface area contributed by atoms with Crippen LogP contribution in [0.4, 0.5) is 0 Å². The molecule has 5 nitrogen and oxygen atoms in total. The van der Waals surface area contributed by atoms with Crippen molar-refractivity contribution in [2.24, 2.45) is 4.99 Å². The second kappa shape index (κ2) is 3.64. The summed E-state index contributed by atoms with van der Waals surface area (Å²) in [5.74, 6) is 0.852. The SMILES string of the molecule is O=C1NCCCC1NC1=NCCN1. The van der Waals surface area contributed by atoms with Crippen molar-refractivity contribution >= 4 is 11.9 Å². The quantitative estimate of drug-likeness (QED) is 0.478. The average Bonchev–Trinajstić information content (AvgIpc) is 2.61. The van der Waals surface area contributed by atoms with Crippen LogP contribution in [-0.2, 0) is 4.79 Å². The van der Waals surface area contributed by atoms with Gasteiger partial charge in [-0.2, -0.15) is 0 Å². The van der Waals surface area contributed by atoms with Crippen molar-refractivity contribution in [2.45, 2.75) is 18.9 Å². The van der Waals surface area contributed by atoms with E-state index in [2.05, 4.69) is 20.9 Å². The zero-order valence-corrected chi connectivity index (χ0v) is 7.47. The van der Waals surface area contributed by atoms with Gasteiger partial charge in [0.25, 0.3) is 0 Å².